The van der Waals surface area contributed by atoms with Gasteiger partial charge in [-0.1, -0.05) is 15.9 Å². The number of halogens is 2. The first kappa shape index (κ1) is 15.0. The molecule has 0 amide bonds. The summed E-state index contributed by atoms with van der Waals surface area (Å²) in [6.07, 6.45) is 0.770. The Morgan fingerprint density at radius 3 is 2.68 bits per heavy atom. The van der Waals surface area contributed by atoms with Crippen molar-refractivity contribution in [1.29, 1.82) is 0 Å². The second-order valence-electron chi connectivity index (χ2n) is 4.05. The zero-order chi connectivity index (χ0) is 13.8. The lowest BCUT2D eigenvalue weighted by Crippen LogP contribution is -2.29. The van der Waals surface area contributed by atoms with Crippen molar-refractivity contribution in [1.82, 2.24) is 5.43 Å². The van der Waals surface area contributed by atoms with Gasteiger partial charge in [-0.2, -0.15) is 0 Å². The van der Waals surface area contributed by atoms with E-state index in [2.05, 4.69) is 54.8 Å². The third-order valence-corrected chi connectivity index (χ3v) is 5.10. The van der Waals surface area contributed by atoms with E-state index in [1.54, 1.807) is 18.4 Å². The van der Waals surface area contributed by atoms with Gasteiger partial charge in [0.25, 0.3) is 0 Å². The number of hydrogen-bond donors (Lipinski definition) is 2. The fourth-order valence-corrected chi connectivity index (χ4v) is 3.79. The Balaban J connectivity index is 2.25. The van der Waals surface area contributed by atoms with E-state index in [1.807, 2.05) is 12.1 Å². The molecule has 19 heavy (non-hydrogen) atoms. The highest BCUT2D eigenvalue weighted by atomic mass is 79.9. The molecule has 0 saturated heterocycles. The van der Waals surface area contributed by atoms with E-state index < -0.39 is 0 Å². The van der Waals surface area contributed by atoms with Crippen molar-refractivity contribution in [3.8, 4) is 5.75 Å². The topological polar surface area (TPSA) is 47.3 Å². The van der Waals surface area contributed by atoms with Crippen LogP contribution in [0.1, 0.15) is 16.5 Å². The molecule has 2 rings (SSSR count). The molecule has 3 N–H and O–H groups in total. The number of nitrogens with one attached hydrogen (secondary N) is 1. The lowest BCUT2D eigenvalue weighted by molar-refractivity contribution is 0.406. The van der Waals surface area contributed by atoms with Crippen LogP contribution in [0.3, 0.4) is 0 Å². The minimum Gasteiger partial charge on any atom is -0.496 e. The lowest BCUT2D eigenvalue weighted by atomic mass is 10.0. The number of rotatable bonds is 5. The summed E-state index contributed by atoms with van der Waals surface area (Å²) in [5, 5.41) is 2.05. The van der Waals surface area contributed by atoms with Crippen LogP contribution in [-0.2, 0) is 6.42 Å². The summed E-state index contributed by atoms with van der Waals surface area (Å²) in [6, 6.07) is 8.14. The first-order chi connectivity index (χ1) is 9.13. The molecule has 2 aromatic rings. The van der Waals surface area contributed by atoms with Crippen LogP contribution in [0.2, 0.25) is 0 Å². The van der Waals surface area contributed by atoms with Gasteiger partial charge in [-0.3, -0.25) is 11.3 Å². The number of hydrogen-bond acceptors (Lipinski definition) is 4. The van der Waals surface area contributed by atoms with Gasteiger partial charge in [-0.25, -0.2) is 0 Å². The Morgan fingerprint density at radius 1 is 1.32 bits per heavy atom. The zero-order valence-corrected chi connectivity index (χ0v) is 14.3. The van der Waals surface area contributed by atoms with Gasteiger partial charge in [-0.05, 0) is 52.2 Å². The Hall–Kier alpha value is -0.400. The summed E-state index contributed by atoms with van der Waals surface area (Å²) >= 11 is 8.63. The number of nitrogens with two attached hydrogens (primary N) is 1. The first-order valence-electron chi connectivity index (χ1n) is 5.66. The second kappa shape index (κ2) is 6.85. The second-order valence-corrected chi connectivity index (χ2v) is 6.82. The molecular weight excluding hydrogens is 392 g/mol. The molecule has 1 aromatic carbocycles. The molecule has 0 bridgehead atoms. The van der Waals surface area contributed by atoms with Gasteiger partial charge < -0.3 is 4.74 Å². The fraction of sp³-hybridized carbons (Fsp3) is 0.231. The molecule has 0 spiro atoms. The lowest BCUT2D eigenvalue weighted by Gasteiger charge is -2.16. The van der Waals surface area contributed by atoms with E-state index in [0.29, 0.717) is 0 Å². The minimum absolute atomic E-state index is 0.0690. The van der Waals surface area contributed by atoms with E-state index >= 15 is 0 Å². The molecule has 0 fully saturated rings. The van der Waals surface area contributed by atoms with Crippen LogP contribution in [0.25, 0.3) is 0 Å². The van der Waals surface area contributed by atoms with Crippen molar-refractivity contribution in [3.05, 3.63) is 49.0 Å². The van der Waals surface area contributed by atoms with Crippen LogP contribution in [0, 0.1) is 0 Å². The van der Waals surface area contributed by atoms with Gasteiger partial charge in [0.2, 0.25) is 0 Å². The maximum absolute atomic E-state index is 5.68. The van der Waals surface area contributed by atoms with Crippen molar-refractivity contribution < 1.29 is 4.74 Å². The van der Waals surface area contributed by atoms with Crippen molar-refractivity contribution in [2.45, 2.75) is 12.5 Å². The number of thiophene rings is 1. The Kier molecular flexibility index (Phi) is 5.41. The molecule has 0 aliphatic heterocycles. The highest BCUT2D eigenvalue weighted by Gasteiger charge is 2.15. The molecule has 1 aromatic heterocycles. The largest absolute Gasteiger partial charge is 0.496 e. The predicted octanol–water partition coefficient (Wildman–Crippen LogP) is 4.03. The third-order valence-electron chi connectivity index (χ3n) is 2.80. The molecule has 0 aliphatic rings. The van der Waals surface area contributed by atoms with Gasteiger partial charge in [0, 0.05) is 19.2 Å². The standard InChI is InChI=1S/C13H14Br2N2OS/c1-18-12-3-2-9(14)4-8(12)5-11(17-16)13-6-10(15)7-19-13/h2-4,6-7,11,17H,5,16H2,1H3. The molecule has 0 radical (unpaired) electrons. The average molecular weight is 406 g/mol. The highest BCUT2D eigenvalue weighted by Crippen LogP contribution is 2.31. The SMILES string of the molecule is COc1ccc(Br)cc1CC(NN)c1cc(Br)cs1. The van der Waals surface area contributed by atoms with Crippen LogP contribution in [0.5, 0.6) is 5.75 Å². The highest BCUT2D eigenvalue weighted by molar-refractivity contribution is 9.10. The van der Waals surface area contributed by atoms with Gasteiger partial charge in [0.05, 0.1) is 13.2 Å². The van der Waals surface area contributed by atoms with Gasteiger partial charge in [-0.15, -0.1) is 11.3 Å². The predicted molar refractivity (Wildman–Crippen MR) is 86.5 cm³/mol. The summed E-state index contributed by atoms with van der Waals surface area (Å²) in [5.41, 5.74) is 3.98. The summed E-state index contributed by atoms with van der Waals surface area (Å²) < 4.78 is 7.50. The zero-order valence-electron chi connectivity index (χ0n) is 10.3. The van der Waals surface area contributed by atoms with Crippen molar-refractivity contribution in [2.24, 2.45) is 5.84 Å². The third kappa shape index (κ3) is 3.79. The summed E-state index contributed by atoms with van der Waals surface area (Å²) in [6.45, 7) is 0. The molecule has 1 atom stereocenters. The number of benzene rings is 1. The van der Waals surface area contributed by atoms with E-state index in [1.165, 1.54) is 4.88 Å². The van der Waals surface area contributed by atoms with Crippen LogP contribution >= 0.6 is 43.2 Å². The summed E-state index contributed by atoms with van der Waals surface area (Å²) in [5.74, 6) is 6.55. The maximum Gasteiger partial charge on any atom is 0.122 e. The first-order valence-corrected chi connectivity index (χ1v) is 8.13. The number of hydrazine groups is 1. The Bertz CT molecular complexity index is 559. The van der Waals surface area contributed by atoms with Gasteiger partial charge in [0.1, 0.15) is 5.75 Å². The molecule has 102 valence electrons. The molecule has 1 heterocycles. The van der Waals surface area contributed by atoms with Crippen molar-refractivity contribution in [2.75, 3.05) is 7.11 Å². The van der Waals surface area contributed by atoms with E-state index in [9.17, 15) is 0 Å². The monoisotopic (exact) mass is 404 g/mol. The van der Waals surface area contributed by atoms with Crippen molar-refractivity contribution in [3.63, 3.8) is 0 Å². The molecule has 1 unspecified atom stereocenters. The molecule has 3 nitrogen and oxygen atoms in total. The summed E-state index contributed by atoms with van der Waals surface area (Å²) in [4.78, 5) is 1.19. The quantitative estimate of drug-likeness (QED) is 0.583. The van der Waals surface area contributed by atoms with Crippen LogP contribution in [-0.4, -0.2) is 7.11 Å². The molecule has 0 aliphatic carbocycles. The van der Waals surface area contributed by atoms with Crippen molar-refractivity contribution >= 4 is 43.2 Å². The smallest absolute Gasteiger partial charge is 0.122 e. The van der Waals surface area contributed by atoms with Crippen LogP contribution in [0.4, 0.5) is 0 Å². The van der Waals surface area contributed by atoms with Gasteiger partial charge in [0.15, 0.2) is 0 Å². The molecular formula is C13H14Br2N2OS. The summed E-state index contributed by atoms with van der Waals surface area (Å²) in [7, 11) is 1.68. The average Bonchev–Trinajstić information content (AvgIpc) is 2.82. The normalized spacial score (nSPS) is 12.4. The van der Waals surface area contributed by atoms with E-state index in [0.717, 1.165) is 26.7 Å². The van der Waals surface area contributed by atoms with E-state index in [-0.39, 0.29) is 6.04 Å². The minimum atomic E-state index is 0.0690. The van der Waals surface area contributed by atoms with Crippen LogP contribution < -0.4 is 16.0 Å². The number of ether oxygens (including phenoxy) is 1. The maximum atomic E-state index is 5.68. The fourth-order valence-electron chi connectivity index (χ4n) is 1.88. The van der Waals surface area contributed by atoms with E-state index in [4.69, 9.17) is 10.6 Å². The molecule has 6 heteroatoms. The Labute approximate surface area is 133 Å². The number of methoxy groups -OCH3 is 1. The molecule has 0 saturated carbocycles. The van der Waals surface area contributed by atoms with Gasteiger partial charge >= 0.3 is 0 Å². The van der Waals surface area contributed by atoms with Crippen LogP contribution in [0.15, 0.2) is 38.6 Å². The Morgan fingerprint density at radius 2 is 2.11 bits per heavy atom.